The number of imidazole rings is 1. The second-order valence-corrected chi connectivity index (χ2v) is 9.00. The van der Waals surface area contributed by atoms with Crippen molar-refractivity contribution in [1.82, 2.24) is 19.9 Å². The van der Waals surface area contributed by atoms with Crippen molar-refractivity contribution in [2.45, 2.75) is 31.7 Å². The lowest BCUT2D eigenvalue weighted by Gasteiger charge is -2.33. The minimum absolute atomic E-state index is 0.00922. The monoisotopic (exact) mass is 474 g/mol. The van der Waals surface area contributed by atoms with E-state index in [2.05, 4.69) is 15.3 Å². The van der Waals surface area contributed by atoms with Gasteiger partial charge in [-0.2, -0.15) is 0 Å². The normalized spacial score (nSPS) is 21.0. The van der Waals surface area contributed by atoms with Gasteiger partial charge in [0.15, 0.2) is 5.82 Å². The first-order chi connectivity index (χ1) is 16.9. The Kier molecular flexibility index (Phi) is 6.29. The number of nitrogens with one attached hydrogen (secondary N) is 2. The highest BCUT2D eigenvalue weighted by atomic mass is 19.1. The number of halogens is 1. The second kappa shape index (κ2) is 9.53. The number of rotatable bonds is 6. The summed E-state index contributed by atoms with van der Waals surface area (Å²) in [5.41, 5.74) is 9.28. The highest BCUT2D eigenvalue weighted by molar-refractivity contribution is 5.77. The number of ether oxygens (including phenoxy) is 2. The zero-order valence-electron chi connectivity index (χ0n) is 19.5. The Morgan fingerprint density at radius 3 is 2.49 bits per heavy atom. The quantitative estimate of drug-likeness (QED) is 0.374. The van der Waals surface area contributed by atoms with Gasteiger partial charge in [-0.1, -0.05) is 30.3 Å². The maximum absolute atomic E-state index is 13.6. The van der Waals surface area contributed by atoms with E-state index in [-0.39, 0.29) is 11.9 Å². The van der Waals surface area contributed by atoms with E-state index in [0.717, 1.165) is 11.1 Å². The van der Waals surface area contributed by atoms with Crippen LogP contribution in [0.2, 0.25) is 0 Å². The predicted molar refractivity (Wildman–Crippen MR) is 131 cm³/mol. The van der Waals surface area contributed by atoms with E-state index in [0.29, 0.717) is 42.1 Å². The Morgan fingerprint density at radius 2 is 1.77 bits per heavy atom. The Labute approximate surface area is 202 Å². The van der Waals surface area contributed by atoms with Gasteiger partial charge in [0.25, 0.3) is 0 Å². The van der Waals surface area contributed by atoms with Gasteiger partial charge in [0.1, 0.15) is 5.82 Å². The van der Waals surface area contributed by atoms with Crippen molar-refractivity contribution in [3.8, 4) is 22.6 Å². The first-order valence-electron chi connectivity index (χ1n) is 11.4. The zero-order chi connectivity index (χ0) is 24.4. The molecule has 9 heteroatoms. The number of nitrogens with two attached hydrogens (primary N) is 1. The van der Waals surface area contributed by atoms with Gasteiger partial charge in [-0.3, -0.25) is 0 Å². The number of aromatic amines is 1. The summed E-state index contributed by atoms with van der Waals surface area (Å²) in [6.07, 6.45) is 0.988. The Morgan fingerprint density at radius 1 is 1.06 bits per heavy atom. The van der Waals surface area contributed by atoms with E-state index in [1.807, 2.05) is 44.2 Å². The van der Waals surface area contributed by atoms with Crippen molar-refractivity contribution >= 4 is 5.95 Å². The molecule has 4 N–H and O–H groups in total. The SMILES string of the molecule is C[C@@H](Nc1nccc(-c2[nH]c(C3OCC(C)(N)CO3)nc2-c2ccc(F)cc2)n1)c1ccccc1. The molecule has 0 radical (unpaired) electrons. The van der Waals surface area contributed by atoms with E-state index < -0.39 is 11.8 Å². The summed E-state index contributed by atoms with van der Waals surface area (Å²) >= 11 is 0. The van der Waals surface area contributed by atoms with Crippen LogP contribution in [-0.2, 0) is 9.47 Å². The molecule has 2 aromatic carbocycles. The van der Waals surface area contributed by atoms with Crippen molar-refractivity contribution < 1.29 is 13.9 Å². The molecule has 2 aromatic heterocycles. The minimum Gasteiger partial charge on any atom is -0.348 e. The number of H-pyrrole nitrogens is 1. The molecule has 1 aliphatic heterocycles. The van der Waals surface area contributed by atoms with Crippen molar-refractivity contribution in [2.24, 2.45) is 5.73 Å². The van der Waals surface area contributed by atoms with Crippen LogP contribution in [0.15, 0.2) is 66.9 Å². The van der Waals surface area contributed by atoms with Gasteiger partial charge in [-0.15, -0.1) is 0 Å². The predicted octanol–water partition coefficient (Wildman–Crippen LogP) is 4.61. The molecule has 180 valence electrons. The molecule has 0 spiro atoms. The van der Waals surface area contributed by atoms with Crippen LogP contribution in [-0.4, -0.2) is 38.7 Å². The van der Waals surface area contributed by atoms with Crippen LogP contribution >= 0.6 is 0 Å². The largest absolute Gasteiger partial charge is 0.348 e. The van der Waals surface area contributed by atoms with Crippen LogP contribution in [0, 0.1) is 5.82 Å². The van der Waals surface area contributed by atoms with Crippen LogP contribution in [0.3, 0.4) is 0 Å². The van der Waals surface area contributed by atoms with Gasteiger partial charge < -0.3 is 25.5 Å². The molecule has 0 unspecified atom stereocenters. The maximum atomic E-state index is 13.6. The lowest BCUT2D eigenvalue weighted by Crippen LogP contribution is -2.50. The standard InChI is InChI=1S/C26H27FN6O2/c1-16(17-6-4-3-5-7-17)30-25-29-13-12-20(31-25)22-21(18-8-10-19(27)11-9-18)32-23(33-22)24-34-14-26(2,28)15-35-24/h3-13,16,24H,14-15,28H2,1-2H3,(H,32,33)(H,29,30,31)/t16-,24?,26?/m1/s1. The number of aromatic nitrogens is 4. The third-order valence-electron chi connectivity index (χ3n) is 5.75. The average molecular weight is 475 g/mol. The molecule has 3 heterocycles. The summed E-state index contributed by atoms with van der Waals surface area (Å²) in [7, 11) is 0. The molecule has 4 aromatic rings. The van der Waals surface area contributed by atoms with Gasteiger partial charge in [-0.25, -0.2) is 19.3 Å². The molecule has 0 bridgehead atoms. The maximum Gasteiger partial charge on any atom is 0.223 e. The van der Waals surface area contributed by atoms with E-state index >= 15 is 0 Å². The third kappa shape index (κ3) is 5.22. The molecule has 35 heavy (non-hydrogen) atoms. The van der Waals surface area contributed by atoms with Crippen molar-refractivity contribution in [1.29, 1.82) is 0 Å². The molecular formula is C26H27FN6O2. The van der Waals surface area contributed by atoms with Gasteiger partial charge in [0.05, 0.1) is 41.9 Å². The molecule has 1 aliphatic rings. The summed E-state index contributed by atoms with van der Waals surface area (Å²) in [5.74, 6) is 0.639. The summed E-state index contributed by atoms with van der Waals surface area (Å²) in [5, 5.41) is 3.34. The fourth-order valence-electron chi connectivity index (χ4n) is 3.87. The van der Waals surface area contributed by atoms with E-state index in [4.69, 9.17) is 25.2 Å². The fourth-order valence-corrected chi connectivity index (χ4v) is 3.87. The smallest absolute Gasteiger partial charge is 0.223 e. The second-order valence-electron chi connectivity index (χ2n) is 9.00. The van der Waals surface area contributed by atoms with Gasteiger partial charge >= 0.3 is 0 Å². The first kappa shape index (κ1) is 23.1. The van der Waals surface area contributed by atoms with E-state index in [1.165, 1.54) is 12.1 Å². The number of anilines is 1. The highest BCUT2D eigenvalue weighted by Crippen LogP contribution is 2.33. The van der Waals surface area contributed by atoms with Crippen LogP contribution in [0.5, 0.6) is 0 Å². The Hall–Kier alpha value is -3.66. The van der Waals surface area contributed by atoms with Crippen molar-refractivity contribution in [3.63, 3.8) is 0 Å². The molecule has 5 rings (SSSR count). The molecule has 1 saturated heterocycles. The fraction of sp³-hybridized carbons (Fsp3) is 0.269. The lowest BCUT2D eigenvalue weighted by molar-refractivity contribution is -0.211. The third-order valence-corrected chi connectivity index (χ3v) is 5.75. The molecular weight excluding hydrogens is 447 g/mol. The molecule has 0 aliphatic carbocycles. The van der Waals surface area contributed by atoms with Gasteiger partial charge in [-0.05, 0) is 49.7 Å². The van der Waals surface area contributed by atoms with Crippen LogP contribution in [0.1, 0.15) is 37.6 Å². The van der Waals surface area contributed by atoms with E-state index in [9.17, 15) is 4.39 Å². The summed E-state index contributed by atoms with van der Waals surface area (Å²) < 4.78 is 25.2. The van der Waals surface area contributed by atoms with Gasteiger partial charge in [0.2, 0.25) is 12.2 Å². The number of hydrogen-bond donors (Lipinski definition) is 3. The molecule has 0 saturated carbocycles. The lowest BCUT2D eigenvalue weighted by atomic mass is 10.1. The topological polar surface area (TPSA) is 111 Å². The first-order valence-corrected chi connectivity index (χ1v) is 11.4. The molecule has 1 fully saturated rings. The average Bonchev–Trinajstić information content (AvgIpc) is 3.31. The molecule has 1 atom stereocenters. The van der Waals surface area contributed by atoms with Crippen LogP contribution in [0.4, 0.5) is 10.3 Å². The number of benzene rings is 2. The Bertz CT molecular complexity index is 1280. The van der Waals surface area contributed by atoms with Gasteiger partial charge in [0, 0.05) is 11.8 Å². The summed E-state index contributed by atoms with van der Waals surface area (Å²) in [6.45, 7) is 4.58. The summed E-state index contributed by atoms with van der Waals surface area (Å²) in [4.78, 5) is 17.2. The number of nitrogens with zero attached hydrogens (tertiary/aromatic N) is 3. The number of hydrogen-bond acceptors (Lipinski definition) is 7. The zero-order valence-corrected chi connectivity index (χ0v) is 19.5. The van der Waals surface area contributed by atoms with Crippen molar-refractivity contribution in [2.75, 3.05) is 18.5 Å². The van der Waals surface area contributed by atoms with E-state index in [1.54, 1.807) is 24.4 Å². The minimum atomic E-state index is -0.697. The Balaban J connectivity index is 1.49. The van der Waals surface area contributed by atoms with Crippen LogP contribution < -0.4 is 11.1 Å². The highest BCUT2D eigenvalue weighted by Gasteiger charge is 2.32. The summed E-state index contributed by atoms with van der Waals surface area (Å²) in [6, 6.07) is 18.0. The molecule has 8 nitrogen and oxygen atoms in total. The van der Waals surface area contributed by atoms with Crippen molar-refractivity contribution in [3.05, 3.63) is 84.1 Å². The van der Waals surface area contributed by atoms with Crippen LogP contribution in [0.25, 0.3) is 22.6 Å². The molecule has 0 amide bonds.